The summed E-state index contributed by atoms with van der Waals surface area (Å²) in [6.45, 7) is 6.21. The molecule has 0 aliphatic carbocycles. The Bertz CT molecular complexity index is 446. The zero-order valence-corrected chi connectivity index (χ0v) is 12.2. The van der Waals surface area contributed by atoms with Crippen molar-refractivity contribution in [2.75, 3.05) is 18.0 Å². The smallest absolute Gasteiger partial charge is 0.322 e. The van der Waals surface area contributed by atoms with Crippen LogP contribution in [0.4, 0.5) is 5.69 Å². The molecule has 0 aliphatic rings. The first kappa shape index (κ1) is 16.0. The first-order valence-corrected chi connectivity index (χ1v) is 6.78. The predicted octanol–water partition coefficient (Wildman–Crippen LogP) is 1.74. The Labute approximate surface area is 119 Å². The Hall–Kier alpha value is -2.04. The fraction of sp³-hybridized carbons (Fsp3) is 0.467. The Morgan fingerprint density at radius 2 is 1.85 bits per heavy atom. The minimum atomic E-state index is -1.04. The van der Waals surface area contributed by atoms with Gasteiger partial charge in [0.2, 0.25) is 5.91 Å². The number of hydrogen-bond acceptors (Lipinski definition) is 3. The zero-order valence-electron chi connectivity index (χ0n) is 12.2. The van der Waals surface area contributed by atoms with Crippen molar-refractivity contribution in [2.24, 2.45) is 5.92 Å². The summed E-state index contributed by atoms with van der Waals surface area (Å²) >= 11 is 0. The topological polar surface area (TPSA) is 69.6 Å². The molecule has 0 saturated heterocycles. The maximum absolute atomic E-state index is 12.2. The second-order valence-electron chi connectivity index (χ2n) is 4.92. The molecule has 5 heteroatoms. The number of benzene rings is 1. The number of carboxylic acid groups (broad SMARTS) is 1. The van der Waals surface area contributed by atoms with Crippen LogP contribution in [-0.2, 0) is 9.59 Å². The van der Waals surface area contributed by atoms with Crippen molar-refractivity contribution in [1.82, 2.24) is 5.32 Å². The lowest BCUT2D eigenvalue weighted by molar-refractivity contribution is -0.138. The van der Waals surface area contributed by atoms with Crippen LogP contribution in [0.3, 0.4) is 0 Å². The highest BCUT2D eigenvalue weighted by molar-refractivity contribution is 5.88. The average Bonchev–Trinajstić information content (AvgIpc) is 2.42. The second kappa shape index (κ2) is 7.53. The number of anilines is 1. The number of hydrogen-bond donors (Lipinski definition) is 2. The van der Waals surface area contributed by atoms with Crippen molar-refractivity contribution in [3.8, 4) is 0 Å². The van der Waals surface area contributed by atoms with Gasteiger partial charge < -0.3 is 15.3 Å². The number of rotatable bonds is 7. The van der Waals surface area contributed by atoms with Crippen molar-refractivity contribution < 1.29 is 14.7 Å². The van der Waals surface area contributed by atoms with E-state index in [4.69, 9.17) is 5.11 Å². The summed E-state index contributed by atoms with van der Waals surface area (Å²) in [6, 6.07) is 9.27. The maximum Gasteiger partial charge on any atom is 0.322 e. The van der Waals surface area contributed by atoms with Crippen molar-refractivity contribution in [3.63, 3.8) is 0 Å². The highest BCUT2D eigenvalue weighted by atomic mass is 16.4. The lowest BCUT2D eigenvalue weighted by atomic mass is 10.0. The molecular weight excluding hydrogens is 256 g/mol. The Balaban J connectivity index is 2.93. The van der Waals surface area contributed by atoms with Gasteiger partial charge in [-0.15, -0.1) is 0 Å². The van der Waals surface area contributed by atoms with E-state index in [1.807, 2.05) is 56.0 Å². The van der Waals surface area contributed by atoms with Crippen molar-refractivity contribution in [3.05, 3.63) is 30.3 Å². The van der Waals surface area contributed by atoms with E-state index in [0.717, 1.165) is 5.69 Å². The molecule has 0 bridgehead atoms. The van der Waals surface area contributed by atoms with E-state index in [2.05, 4.69) is 5.32 Å². The van der Waals surface area contributed by atoms with Gasteiger partial charge in [-0.1, -0.05) is 32.0 Å². The molecule has 0 heterocycles. The summed E-state index contributed by atoms with van der Waals surface area (Å²) in [5, 5.41) is 11.1. The summed E-state index contributed by atoms with van der Waals surface area (Å²) in [6.07, 6.45) is 0. The van der Waals surface area contributed by atoms with Gasteiger partial charge in [-0.3, -0.25) is 9.59 Å². The molecule has 1 aromatic carbocycles. The molecule has 1 rings (SSSR count). The van der Waals surface area contributed by atoms with Crippen molar-refractivity contribution >= 4 is 17.6 Å². The molecule has 0 aromatic heterocycles. The van der Waals surface area contributed by atoms with E-state index in [1.165, 1.54) is 0 Å². The molecule has 5 nitrogen and oxygen atoms in total. The van der Waals surface area contributed by atoms with Gasteiger partial charge in [0.05, 0.1) is 0 Å². The van der Waals surface area contributed by atoms with Crippen LogP contribution in [0.1, 0.15) is 20.8 Å². The van der Waals surface area contributed by atoms with Crippen LogP contribution >= 0.6 is 0 Å². The number of amides is 1. The van der Waals surface area contributed by atoms with Gasteiger partial charge in [0.25, 0.3) is 0 Å². The van der Waals surface area contributed by atoms with Crippen LogP contribution in [0, 0.1) is 5.92 Å². The lowest BCUT2D eigenvalue weighted by Crippen LogP contribution is -2.51. The first-order chi connectivity index (χ1) is 9.47. The van der Waals surface area contributed by atoms with Crippen LogP contribution in [0.25, 0.3) is 0 Å². The molecule has 0 fully saturated rings. The molecule has 110 valence electrons. The van der Waals surface area contributed by atoms with Crippen molar-refractivity contribution in [2.45, 2.75) is 26.8 Å². The molecule has 0 saturated carbocycles. The summed E-state index contributed by atoms with van der Waals surface area (Å²) in [7, 11) is 0. The minimum absolute atomic E-state index is 0.0731. The van der Waals surface area contributed by atoms with Gasteiger partial charge in [-0.05, 0) is 25.0 Å². The normalized spacial score (nSPS) is 12.0. The van der Waals surface area contributed by atoms with Gasteiger partial charge >= 0.3 is 5.97 Å². The monoisotopic (exact) mass is 278 g/mol. The highest BCUT2D eigenvalue weighted by Crippen LogP contribution is 2.20. The number of carboxylic acids is 1. The van der Waals surface area contributed by atoms with Crippen LogP contribution in [0.15, 0.2) is 30.3 Å². The molecule has 1 atom stereocenters. The molecule has 0 radical (unpaired) electrons. The molecular formula is C15H22N2O3. The molecule has 1 amide bonds. The van der Waals surface area contributed by atoms with Crippen LogP contribution in [-0.4, -0.2) is 36.1 Å². The van der Waals surface area contributed by atoms with E-state index < -0.39 is 5.97 Å². The Morgan fingerprint density at radius 3 is 2.30 bits per heavy atom. The fourth-order valence-corrected chi connectivity index (χ4v) is 2.23. The van der Waals surface area contributed by atoms with Gasteiger partial charge in [0.15, 0.2) is 0 Å². The number of carbonyl (C=O) groups excluding carboxylic acids is 1. The highest BCUT2D eigenvalue weighted by Gasteiger charge is 2.28. The summed E-state index contributed by atoms with van der Waals surface area (Å²) < 4.78 is 0. The summed E-state index contributed by atoms with van der Waals surface area (Å²) in [5.74, 6) is -1.22. The van der Waals surface area contributed by atoms with E-state index in [9.17, 15) is 9.59 Å². The number of nitrogens with one attached hydrogen (secondary N) is 1. The van der Waals surface area contributed by atoms with Gasteiger partial charge in [-0.25, -0.2) is 0 Å². The molecule has 1 unspecified atom stereocenters. The molecule has 0 spiro atoms. The molecule has 2 N–H and O–H groups in total. The lowest BCUT2D eigenvalue weighted by Gasteiger charge is -2.34. The summed E-state index contributed by atoms with van der Waals surface area (Å²) in [4.78, 5) is 24.8. The minimum Gasteiger partial charge on any atom is -0.480 e. The molecule has 0 aliphatic heterocycles. The predicted molar refractivity (Wildman–Crippen MR) is 78.7 cm³/mol. The number of carbonyl (C=O) groups is 2. The fourth-order valence-electron chi connectivity index (χ4n) is 2.23. The van der Waals surface area contributed by atoms with Gasteiger partial charge in [-0.2, -0.15) is 0 Å². The number of likely N-dealkylation sites (N-methyl/N-ethyl adjacent to an activating group) is 1. The third-order valence-electron chi connectivity index (χ3n) is 3.08. The van der Waals surface area contributed by atoms with E-state index in [-0.39, 0.29) is 24.4 Å². The zero-order chi connectivity index (χ0) is 15.1. The second-order valence-corrected chi connectivity index (χ2v) is 4.92. The number of aliphatic carboxylic acids is 1. The Morgan fingerprint density at radius 1 is 1.25 bits per heavy atom. The van der Waals surface area contributed by atoms with E-state index in [0.29, 0.717) is 6.54 Å². The molecule has 20 heavy (non-hydrogen) atoms. The van der Waals surface area contributed by atoms with Crippen LogP contribution in [0.2, 0.25) is 0 Å². The Kier molecular flexibility index (Phi) is 6.03. The third kappa shape index (κ3) is 4.26. The number of nitrogens with zero attached hydrogens (tertiary/aromatic N) is 1. The number of para-hydroxylation sites is 1. The molecule has 1 aromatic rings. The summed E-state index contributed by atoms with van der Waals surface area (Å²) in [5.41, 5.74) is 0.958. The standard InChI is InChI=1S/C15H22N2O3/c1-4-17(12-8-6-5-7-9-12)14(11(2)3)15(20)16-10-13(18)19/h5-9,11,14H,4,10H2,1-3H3,(H,16,20)(H,18,19). The van der Waals surface area contributed by atoms with Crippen LogP contribution in [0.5, 0.6) is 0 Å². The van der Waals surface area contributed by atoms with Gasteiger partial charge in [0.1, 0.15) is 12.6 Å². The van der Waals surface area contributed by atoms with Crippen molar-refractivity contribution in [1.29, 1.82) is 0 Å². The SMILES string of the molecule is CCN(c1ccccc1)C(C(=O)NCC(=O)O)C(C)C. The van der Waals surface area contributed by atoms with Crippen LogP contribution < -0.4 is 10.2 Å². The van der Waals surface area contributed by atoms with E-state index >= 15 is 0 Å². The largest absolute Gasteiger partial charge is 0.480 e. The maximum atomic E-state index is 12.2. The van der Waals surface area contributed by atoms with E-state index in [1.54, 1.807) is 0 Å². The third-order valence-corrected chi connectivity index (χ3v) is 3.08. The first-order valence-electron chi connectivity index (χ1n) is 6.78. The quantitative estimate of drug-likeness (QED) is 0.797. The average molecular weight is 278 g/mol. The van der Waals surface area contributed by atoms with Gasteiger partial charge in [0, 0.05) is 12.2 Å².